The van der Waals surface area contributed by atoms with Gasteiger partial charge in [0, 0.05) is 22.0 Å². The van der Waals surface area contributed by atoms with Gasteiger partial charge in [-0.25, -0.2) is 4.39 Å². The number of benzene rings is 2. The van der Waals surface area contributed by atoms with Crippen LogP contribution in [0.1, 0.15) is 0 Å². The largest absolute Gasteiger partial charge is 0.256 e. The van der Waals surface area contributed by atoms with Gasteiger partial charge in [0.1, 0.15) is 5.82 Å². The number of rotatable bonds is 0. The molecule has 0 spiro atoms. The molecule has 0 amide bonds. The fourth-order valence-electron chi connectivity index (χ4n) is 1.87. The average Bonchev–Trinajstić information content (AvgIpc) is 2.29. The standard InChI is InChI=1S/C13H7ClFN/c14-12-3-1-2-9-10-6-8(15)4-5-13(10)16-7-11(9)12/h1-7H. The van der Waals surface area contributed by atoms with Crippen molar-refractivity contribution in [2.45, 2.75) is 0 Å². The van der Waals surface area contributed by atoms with Crippen LogP contribution in [0.15, 0.2) is 42.6 Å². The molecular weight excluding hydrogens is 225 g/mol. The zero-order valence-electron chi connectivity index (χ0n) is 8.24. The van der Waals surface area contributed by atoms with E-state index in [-0.39, 0.29) is 5.82 Å². The van der Waals surface area contributed by atoms with Crippen LogP contribution in [0.2, 0.25) is 5.02 Å². The van der Waals surface area contributed by atoms with E-state index in [0.717, 1.165) is 21.7 Å². The number of aromatic nitrogens is 1. The second-order valence-electron chi connectivity index (χ2n) is 3.62. The lowest BCUT2D eigenvalue weighted by Crippen LogP contribution is -1.84. The fourth-order valence-corrected chi connectivity index (χ4v) is 2.10. The first-order valence-electron chi connectivity index (χ1n) is 4.88. The van der Waals surface area contributed by atoms with Gasteiger partial charge in [0.25, 0.3) is 0 Å². The van der Waals surface area contributed by atoms with Crippen LogP contribution in [0, 0.1) is 5.82 Å². The first-order valence-corrected chi connectivity index (χ1v) is 5.26. The Balaban J connectivity index is 2.58. The minimum absolute atomic E-state index is 0.262. The Labute approximate surface area is 96.5 Å². The second-order valence-corrected chi connectivity index (χ2v) is 4.03. The van der Waals surface area contributed by atoms with E-state index >= 15 is 0 Å². The van der Waals surface area contributed by atoms with Crippen molar-refractivity contribution < 1.29 is 4.39 Å². The quantitative estimate of drug-likeness (QED) is 0.529. The van der Waals surface area contributed by atoms with E-state index < -0.39 is 0 Å². The summed E-state index contributed by atoms with van der Waals surface area (Å²) in [5.74, 6) is -0.262. The Bertz CT molecular complexity index is 694. The molecule has 0 saturated carbocycles. The van der Waals surface area contributed by atoms with Gasteiger partial charge in [-0.2, -0.15) is 0 Å². The highest BCUT2D eigenvalue weighted by Gasteiger charge is 2.04. The normalized spacial score (nSPS) is 11.1. The minimum Gasteiger partial charge on any atom is -0.256 e. The maximum absolute atomic E-state index is 13.2. The molecule has 0 atom stereocenters. The maximum atomic E-state index is 13.2. The smallest absolute Gasteiger partial charge is 0.123 e. The average molecular weight is 232 g/mol. The van der Waals surface area contributed by atoms with Crippen LogP contribution < -0.4 is 0 Å². The summed E-state index contributed by atoms with van der Waals surface area (Å²) in [6.07, 6.45) is 1.72. The van der Waals surface area contributed by atoms with E-state index in [9.17, 15) is 4.39 Å². The van der Waals surface area contributed by atoms with Crippen molar-refractivity contribution in [2.75, 3.05) is 0 Å². The molecule has 78 valence electrons. The van der Waals surface area contributed by atoms with E-state index in [0.29, 0.717) is 5.02 Å². The van der Waals surface area contributed by atoms with E-state index in [4.69, 9.17) is 11.6 Å². The predicted octanol–water partition coefficient (Wildman–Crippen LogP) is 4.18. The lowest BCUT2D eigenvalue weighted by molar-refractivity contribution is 0.629. The topological polar surface area (TPSA) is 12.9 Å². The molecule has 0 aliphatic heterocycles. The summed E-state index contributed by atoms with van der Waals surface area (Å²) >= 11 is 6.06. The summed E-state index contributed by atoms with van der Waals surface area (Å²) in [5.41, 5.74) is 0.774. The van der Waals surface area contributed by atoms with E-state index in [1.54, 1.807) is 18.3 Å². The molecule has 0 aliphatic rings. The summed E-state index contributed by atoms with van der Waals surface area (Å²) in [7, 11) is 0. The van der Waals surface area contributed by atoms with Crippen LogP contribution in [0.4, 0.5) is 4.39 Å². The van der Waals surface area contributed by atoms with Crippen LogP contribution >= 0.6 is 11.6 Å². The van der Waals surface area contributed by atoms with Gasteiger partial charge in [-0.3, -0.25) is 4.98 Å². The zero-order chi connectivity index (χ0) is 11.1. The molecule has 1 heterocycles. The molecule has 0 radical (unpaired) electrons. The van der Waals surface area contributed by atoms with Gasteiger partial charge in [0.15, 0.2) is 0 Å². The van der Waals surface area contributed by atoms with Crippen LogP contribution in [-0.2, 0) is 0 Å². The molecule has 1 nitrogen and oxygen atoms in total. The van der Waals surface area contributed by atoms with Gasteiger partial charge in [0.2, 0.25) is 0 Å². The molecule has 3 aromatic rings. The molecule has 0 unspecified atom stereocenters. The van der Waals surface area contributed by atoms with Crippen LogP contribution in [-0.4, -0.2) is 4.98 Å². The second kappa shape index (κ2) is 3.42. The summed E-state index contributed by atoms with van der Waals surface area (Å²) in [6.45, 7) is 0. The summed E-state index contributed by atoms with van der Waals surface area (Å²) in [6, 6.07) is 10.1. The van der Waals surface area contributed by atoms with Crippen molar-refractivity contribution in [3.05, 3.63) is 53.4 Å². The number of halogens is 2. The van der Waals surface area contributed by atoms with E-state index in [2.05, 4.69) is 4.98 Å². The molecular formula is C13H7ClFN. The van der Waals surface area contributed by atoms with Crippen molar-refractivity contribution in [3.8, 4) is 0 Å². The highest BCUT2D eigenvalue weighted by molar-refractivity contribution is 6.36. The highest BCUT2D eigenvalue weighted by Crippen LogP contribution is 2.28. The molecule has 3 heteroatoms. The Kier molecular flexibility index (Phi) is 2.04. The first kappa shape index (κ1) is 9.55. The van der Waals surface area contributed by atoms with Gasteiger partial charge in [-0.1, -0.05) is 23.7 Å². The third-order valence-corrected chi connectivity index (χ3v) is 2.96. The molecule has 0 aliphatic carbocycles. The Hall–Kier alpha value is -1.67. The minimum atomic E-state index is -0.262. The lowest BCUT2D eigenvalue weighted by Gasteiger charge is -2.04. The van der Waals surface area contributed by atoms with Crippen LogP contribution in [0.3, 0.4) is 0 Å². The molecule has 1 aromatic heterocycles. The summed E-state index contributed by atoms with van der Waals surface area (Å²) < 4.78 is 13.2. The molecule has 2 aromatic carbocycles. The molecule has 0 fully saturated rings. The van der Waals surface area contributed by atoms with Crippen molar-refractivity contribution in [1.82, 2.24) is 4.98 Å². The monoisotopic (exact) mass is 231 g/mol. The number of fused-ring (bicyclic) bond motifs is 3. The van der Waals surface area contributed by atoms with E-state index in [1.165, 1.54) is 12.1 Å². The lowest BCUT2D eigenvalue weighted by atomic mass is 10.1. The van der Waals surface area contributed by atoms with E-state index in [1.807, 2.05) is 12.1 Å². The van der Waals surface area contributed by atoms with Crippen LogP contribution in [0.5, 0.6) is 0 Å². The summed E-state index contributed by atoms with van der Waals surface area (Å²) in [4.78, 5) is 4.26. The van der Waals surface area contributed by atoms with Crippen molar-refractivity contribution in [1.29, 1.82) is 0 Å². The molecule has 0 bridgehead atoms. The molecule has 16 heavy (non-hydrogen) atoms. The predicted molar refractivity (Wildman–Crippen MR) is 64.2 cm³/mol. The van der Waals surface area contributed by atoms with Crippen molar-refractivity contribution in [3.63, 3.8) is 0 Å². The number of nitrogens with zero attached hydrogens (tertiary/aromatic N) is 1. The fraction of sp³-hybridized carbons (Fsp3) is 0. The summed E-state index contributed by atoms with van der Waals surface area (Å²) in [5, 5.41) is 3.20. The SMILES string of the molecule is Fc1ccc2ncc3c(Cl)cccc3c2c1. The molecule has 0 saturated heterocycles. The molecule has 3 rings (SSSR count). The first-order chi connectivity index (χ1) is 7.75. The zero-order valence-corrected chi connectivity index (χ0v) is 9.00. The Morgan fingerprint density at radius 2 is 1.88 bits per heavy atom. The number of hydrogen-bond acceptors (Lipinski definition) is 1. The van der Waals surface area contributed by atoms with Gasteiger partial charge in [-0.05, 0) is 29.7 Å². The van der Waals surface area contributed by atoms with Gasteiger partial charge < -0.3 is 0 Å². The van der Waals surface area contributed by atoms with Gasteiger partial charge >= 0.3 is 0 Å². The molecule has 0 N–H and O–H groups in total. The highest BCUT2D eigenvalue weighted by atomic mass is 35.5. The Morgan fingerprint density at radius 1 is 1.00 bits per heavy atom. The third kappa shape index (κ3) is 1.34. The maximum Gasteiger partial charge on any atom is 0.123 e. The third-order valence-electron chi connectivity index (χ3n) is 2.63. The van der Waals surface area contributed by atoms with Crippen molar-refractivity contribution in [2.24, 2.45) is 0 Å². The van der Waals surface area contributed by atoms with Crippen molar-refractivity contribution >= 4 is 33.3 Å². The van der Waals surface area contributed by atoms with Gasteiger partial charge in [0.05, 0.1) is 5.52 Å². The number of pyridine rings is 1. The number of hydrogen-bond donors (Lipinski definition) is 0. The van der Waals surface area contributed by atoms with Crippen LogP contribution in [0.25, 0.3) is 21.7 Å². The Morgan fingerprint density at radius 3 is 2.75 bits per heavy atom. The van der Waals surface area contributed by atoms with Gasteiger partial charge in [-0.15, -0.1) is 0 Å².